The molecular formula is C21H24N4O2. The van der Waals surface area contributed by atoms with Crippen LogP contribution >= 0.6 is 0 Å². The molecule has 1 heterocycles. The fourth-order valence-electron chi connectivity index (χ4n) is 3.09. The van der Waals surface area contributed by atoms with E-state index in [2.05, 4.69) is 34.4 Å². The zero-order chi connectivity index (χ0) is 19.1. The molecule has 0 fully saturated rings. The number of carbonyl (C=O) groups excluding carboxylic acids is 1. The molecule has 2 aromatic carbocycles. The molecule has 0 saturated carbocycles. The maximum atomic E-state index is 12.3. The summed E-state index contributed by atoms with van der Waals surface area (Å²) in [4.78, 5) is 26.4. The number of hydrogen-bond donors (Lipinski definition) is 1. The first kappa shape index (κ1) is 18.6. The largest absolute Gasteiger partial charge is 0.372 e. The van der Waals surface area contributed by atoms with E-state index in [1.165, 1.54) is 11.9 Å². The normalized spacial score (nSPS) is 10.7. The van der Waals surface area contributed by atoms with E-state index in [9.17, 15) is 9.59 Å². The molecule has 0 saturated heterocycles. The number of aromatic nitrogens is 2. The van der Waals surface area contributed by atoms with Crippen LogP contribution in [0, 0.1) is 0 Å². The van der Waals surface area contributed by atoms with Gasteiger partial charge in [-0.05, 0) is 37.6 Å². The Balaban J connectivity index is 1.52. The van der Waals surface area contributed by atoms with Gasteiger partial charge in [0.2, 0.25) is 11.3 Å². The van der Waals surface area contributed by atoms with Crippen molar-refractivity contribution in [3.63, 3.8) is 0 Å². The van der Waals surface area contributed by atoms with Gasteiger partial charge in [-0.1, -0.05) is 30.3 Å². The van der Waals surface area contributed by atoms with Crippen molar-refractivity contribution in [2.75, 3.05) is 24.5 Å². The van der Waals surface area contributed by atoms with Crippen LogP contribution in [0.15, 0.2) is 65.6 Å². The number of carbonyl (C=O) groups is 1. The number of benzene rings is 2. The summed E-state index contributed by atoms with van der Waals surface area (Å²) in [5.74, 6) is -0.112. The van der Waals surface area contributed by atoms with Gasteiger partial charge in [-0.2, -0.15) is 5.10 Å². The van der Waals surface area contributed by atoms with Crippen LogP contribution < -0.4 is 15.6 Å². The van der Waals surface area contributed by atoms with Gasteiger partial charge in [0.15, 0.2) is 0 Å². The molecular weight excluding hydrogens is 340 g/mol. The van der Waals surface area contributed by atoms with E-state index in [1.54, 1.807) is 22.9 Å². The van der Waals surface area contributed by atoms with Gasteiger partial charge < -0.3 is 10.2 Å². The van der Waals surface area contributed by atoms with E-state index in [0.29, 0.717) is 17.4 Å². The third-order valence-electron chi connectivity index (χ3n) is 4.49. The minimum atomic E-state index is -0.136. The van der Waals surface area contributed by atoms with E-state index in [-0.39, 0.29) is 17.9 Å². The van der Waals surface area contributed by atoms with Gasteiger partial charge >= 0.3 is 0 Å². The molecule has 0 radical (unpaired) electrons. The molecule has 27 heavy (non-hydrogen) atoms. The van der Waals surface area contributed by atoms with Crippen molar-refractivity contribution in [1.82, 2.24) is 15.1 Å². The second-order valence-corrected chi connectivity index (χ2v) is 6.30. The Kier molecular flexibility index (Phi) is 6.20. The highest BCUT2D eigenvalue weighted by molar-refractivity contribution is 5.81. The second kappa shape index (κ2) is 8.98. The third-order valence-corrected chi connectivity index (χ3v) is 4.49. The molecule has 0 aliphatic carbocycles. The van der Waals surface area contributed by atoms with Gasteiger partial charge in [0.05, 0.1) is 11.7 Å². The fourth-order valence-corrected chi connectivity index (χ4v) is 3.09. The molecule has 6 heteroatoms. The Bertz CT molecular complexity index is 953. The maximum Gasteiger partial charge on any atom is 0.241 e. The van der Waals surface area contributed by atoms with Crippen LogP contribution in [0.2, 0.25) is 0 Å². The van der Waals surface area contributed by atoms with E-state index >= 15 is 0 Å². The molecule has 1 N–H and O–H groups in total. The minimum Gasteiger partial charge on any atom is -0.372 e. The molecule has 0 unspecified atom stereocenters. The van der Waals surface area contributed by atoms with Crippen molar-refractivity contribution in [3.05, 3.63) is 71.0 Å². The van der Waals surface area contributed by atoms with Crippen molar-refractivity contribution >= 4 is 22.5 Å². The van der Waals surface area contributed by atoms with Gasteiger partial charge in [0.25, 0.3) is 0 Å². The third kappa shape index (κ3) is 4.73. The molecule has 0 bridgehead atoms. The predicted molar refractivity (Wildman–Crippen MR) is 108 cm³/mol. The summed E-state index contributed by atoms with van der Waals surface area (Å²) in [6, 6.07) is 17.4. The zero-order valence-electron chi connectivity index (χ0n) is 15.5. The molecule has 0 spiro atoms. The SMILES string of the molecule is CCN(CCCNC(=O)Cn1ncc(=O)c2ccccc21)c1ccccc1. The molecule has 140 valence electrons. The Hall–Kier alpha value is -3.15. The van der Waals surface area contributed by atoms with Gasteiger partial charge in [-0.15, -0.1) is 0 Å². The Morgan fingerprint density at radius 1 is 1.11 bits per heavy atom. The molecule has 6 nitrogen and oxygen atoms in total. The number of hydrogen-bond acceptors (Lipinski definition) is 4. The summed E-state index contributed by atoms with van der Waals surface area (Å²) >= 11 is 0. The van der Waals surface area contributed by atoms with Crippen LogP contribution in [0.4, 0.5) is 5.69 Å². The maximum absolute atomic E-state index is 12.3. The summed E-state index contributed by atoms with van der Waals surface area (Å²) < 4.78 is 1.56. The predicted octanol–water partition coefficient (Wildman–Crippen LogP) is 2.43. The summed E-state index contributed by atoms with van der Waals surface area (Å²) in [6.45, 7) is 4.61. The zero-order valence-corrected chi connectivity index (χ0v) is 15.5. The van der Waals surface area contributed by atoms with Crippen molar-refractivity contribution in [2.24, 2.45) is 0 Å². The quantitative estimate of drug-likeness (QED) is 0.624. The van der Waals surface area contributed by atoms with Crippen molar-refractivity contribution in [3.8, 4) is 0 Å². The highest BCUT2D eigenvalue weighted by atomic mass is 16.2. The minimum absolute atomic E-state index is 0.0942. The van der Waals surface area contributed by atoms with Gasteiger partial charge in [0.1, 0.15) is 6.54 Å². The number of nitrogens with zero attached hydrogens (tertiary/aromatic N) is 3. The highest BCUT2D eigenvalue weighted by Gasteiger charge is 2.08. The van der Waals surface area contributed by atoms with E-state index in [4.69, 9.17) is 0 Å². The van der Waals surface area contributed by atoms with Gasteiger partial charge in [-0.3, -0.25) is 14.3 Å². The van der Waals surface area contributed by atoms with Crippen LogP contribution in [-0.2, 0) is 11.3 Å². The first-order chi connectivity index (χ1) is 13.2. The summed E-state index contributed by atoms with van der Waals surface area (Å²) in [7, 11) is 0. The van der Waals surface area contributed by atoms with Crippen molar-refractivity contribution in [1.29, 1.82) is 0 Å². The molecule has 3 aromatic rings. The monoisotopic (exact) mass is 364 g/mol. The molecule has 0 aliphatic heterocycles. The van der Waals surface area contributed by atoms with Crippen LogP contribution in [0.1, 0.15) is 13.3 Å². The lowest BCUT2D eigenvalue weighted by molar-refractivity contribution is -0.121. The Morgan fingerprint density at radius 2 is 1.85 bits per heavy atom. The smallest absolute Gasteiger partial charge is 0.241 e. The van der Waals surface area contributed by atoms with Gasteiger partial charge in [0, 0.05) is 30.7 Å². The fraction of sp³-hybridized carbons (Fsp3) is 0.286. The topological polar surface area (TPSA) is 67.2 Å². The number of rotatable bonds is 8. The number of anilines is 1. The standard InChI is InChI=1S/C21H24N4O2/c1-2-24(17-9-4-3-5-10-17)14-8-13-22-21(27)16-25-19-12-7-6-11-18(19)20(26)15-23-25/h3-7,9-12,15H,2,8,13-14,16H2,1H3,(H,22,27). The average Bonchev–Trinajstić information content (AvgIpc) is 2.71. The van der Waals surface area contributed by atoms with Gasteiger partial charge in [-0.25, -0.2) is 0 Å². The molecule has 3 rings (SSSR count). The van der Waals surface area contributed by atoms with Crippen molar-refractivity contribution in [2.45, 2.75) is 19.9 Å². The van der Waals surface area contributed by atoms with Crippen LogP contribution in [0.3, 0.4) is 0 Å². The van der Waals surface area contributed by atoms with Crippen LogP contribution in [0.25, 0.3) is 10.9 Å². The summed E-state index contributed by atoms with van der Waals surface area (Å²) in [6.07, 6.45) is 2.11. The molecule has 1 aromatic heterocycles. The lowest BCUT2D eigenvalue weighted by atomic mass is 10.2. The summed E-state index contributed by atoms with van der Waals surface area (Å²) in [5, 5.41) is 7.60. The van der Waals surface area contributed by atoms with Crippen LogP contribution in [-0.4, -0.2) is 35.3 Å². The Labute approximate surface area is 158 Å². The molecule has 0 atom stereocenters. The number of nitrogens with one attached hydrogen (secondary N) is 1. The Morgan fingerprint density at radius 3 is 2.63 bits per heavy atom. The average molecular weight is 364 g/mol. The number of fused-ring (bicyclic) bond motifs is 1. The molecule has 1 amide bonds. The summed E-state index contributed by atoms with van der Waals surface area (Å²) in [5.41, 5.74) is 1.72. The molecule has 0 aliphatic rings. The lowest BCUT2D eigenvalue weighted by Gasteiger charge is -2.23. The van der Waals surface area contributed by atoms with E-state index in [0.717, 1.165) is 19.5 Å². The number of amides is 1. The van der Waals surface area contributed by atoms with E-state index in [1.807, 2.05) is 24.3 Å². The highest BCUT2D eigenvalue weighted by Crippen LogP contribution is 2.12. The second-order valence-electron chi connectivity index (χ2n) is 6.30. The van der Waals surface area contributed by atoms with E-state index < -0.39 is 0 Å². The van der Waals surface area contributed by atoms with Crippen molar-refractivity contribution < 1.29 is 4.79 Å². The number of para-hydroxylation sites is 2. The lowest BCUT2D eigenvalue weighted by Crippen LogP contribution is -2.32. The first-order valence-corrected chi connectivity index (χ1v) is 9.20. The first-order valence-electron chi connectivity index (χ1n) is 9.20. The van der Waals surface area contributed by atoms with Crippen LogP contribution in [0.5, 0.6) is 0 Å².